The molecule has 29 heavy (non-hydrogen) atoms. The van der Waals surface area contributed by atoms with Gasteiger partial charge in [-0.15, -0.1) is 0 Å². The van der Waals surface area contributed by atoms with E-state index >= 15 is 0 Å². The van der Waals surface area contributed by atoms with E-state index < -0.39 is 0 Å². The van der Waals surface area contributed by atoms with Crippen LogP contribution in [0.2, 0.25) is 0 Å². The van der Waals surface area contributed by atoms with Gasteiger partial charge in [0.15, 0.2) is 0 Å². The smallest absolute Gasteiger partial charge is 0.142 e. The van der Waals surface area contributed by atoms with Crippen LogP contribution in [-0.2, 0) is 0 Å². The molecule has 0 aliphatic carbocycles. The fourth-order valence-corrected chi connectivity index (χ4v) is 3.65. The minimum absolute atomic E-state index is 0.229. The second-order valence-corrected chi connectivity index (χ2v) is 7.69. The van der Waals surface area contributed by atoms with Gasteiger partial charge in [0.2, 0.25) is 0 Å². The number of aromatic nitrogens is 1. The highest BCUT2D eigenvalue weighted by Crippen LogP contribution is 2.34. The van der Waals surface area contributed by atoms with E-state index in [1.54, 1.807) is 0 Å². The average Bonchev–Trinajstić information content (AvgIpc) is 2.74. The number of nitrogens with zero attached hydrogens (tertiary/aromatic N) is 2. The zero-order chi connectivity index (χ0) is 20.6. The van der Waals surface area contributed by atoms with Crippen LogP contribution in [-0.4, -0.2) is 11.6 Å². The van der Waals surface area contributed by atoms with Crippen LogP contribution < -0.4 is 10.5 Å². The molecule has 0 fully saturated rings. The Hall–Kier alpha value is -2.84. The van der Waals surface area contributed by atoms with Crippen LogP contribution in [0, 0.1) is 11.3 Å². The van der Waals surface area contributed by atoms with E-state index in [2.05, 4.69) is 33.9 Å². The molecule has 5 heteroatoms. The lowest BCUT2D eigenvalue weighted by Crippen LogP contribution is -2.00. The molecule has 0 atom stereocenters. The summed E-state index contributed by atoms with van der Waals surface area (Å²) in [6, 6.07) is 19.7. The summed E-state index contributed by atoms with van der Waals surface area (Å²) in [4.78, 5) is 4.44. The fraction of sp³-hybridized carbons (Fsp3) is 0.250. The maximum atomic E-state index is 9.61. The van der Waals surface area contributed by atoms with Crippen molar-refractivity contribution in [2.45, 2.75) is 32.6 Å². The van der Waals surface area contributed by atoms with Crippen molar-refractivity contribution in [2.24, 2.45) is 0 Å². The quantitative estimate of drug-likeness (QED) is 0.393. The normalized spacial score (nSPS) is 10.5. The van der Waals surface area contributed by atoms with Crippen molar-refractivity contribution in [3.63, 3.8) is 0 Å². The predicted octanol–water partition coefficient (Wildman–Crippen LogP) is 6.59. The second kappa shape index (κ2) is 10.1. The second-order valence-electron chi connectivity index (χ2n) is 6.84. The summed E-state index contributed by atoms with van der Waals surface area (Å²) < 4.78 is 6.75. The maximum absolute atomic E-state index is 9.61. The number of hydrogen-bond acceptors (Lipinski definition) is 4. The number of benzene rings is 2. The Bertz CT molecular complexity index is 1010. The van der Waals surface area contributed by atoms with Crippen LogP contribution >= 0.6 is 15.9 Å². The molecule has 0 saturated carbocycles. The Balaban J connectivity index is 1.88. The van der Waals surface area contributed by atoms with Crippen LogP contribution in [0.4, 0.5) is 5.82 Å². The number of pyridine rings is 1. The molecule has 0 radical (unpaired) electrons. The number of nitriles is 1. The molecule has 4 nitrogen and oxygen atoms in total. The molecule has 0 bridgehead atoms. The van der Waals surface area contributed by atoms with Crippen molar-refractivity contribution in [2.75, 3.05) is 12.3 Å². The summed E-state index contributed by atoms with van der Waals surface area (Å²) in [6.45, 7) is 2.92. The van der Waals surface area contributed by atoms with E-state index in [-0.39, 0.29) is 5.82 Å². The molecule has 0 spiro atoms. The lowest BCUT2D eigenvalue weighted by Gasteiger charge is -2.12. The van der Waals surface area contributed by atoms with Crippen molar-refractivity contribution in [3.8, 4) is 34.2 Å². The molecule has 3 rings (SSSR count). The first-order chi connectivity index (χ1) is 14.1. The highest BCUT2D eigenvalue weighted by molar-refractivity contribution is 9.10. The summed E-state index contributed by atoms with van der Waals surface area (Å²) in [5, 5.41) is 9.61. The number of nitrogen functional groups attached to an aromatic ring is 1. The number of unbranched alkanes of at least 4 members (excludes halogenated alkanes) is 3. The van der Waals surface area contributed by atoms with Crippen molar-refractivity contribution in [1.29, 1.82) is 5.26 Å². The van der Waals surface area contributed by atoms with Gasteiger partial charge in [-0.2, -0.15) is 5.26 Å². The van der Waals surface area contributed by atoms with Crippen LogP contribution in [0.5, 0.6) is 5.75 Å². The number of rotatable bonds is 8. The monoisotopic (exact) mass is 449 g/mol. The Morgan fingerprint density at radius 1 is 1.03 bits per heavy atom. The topological polar surface area (TPSA) is 71.9 Å². The fourth-order valence-electron chi connectivity index (χ4n) is 3.17. The third-order valence-electron chi connectivity index (χ3n) is 4.74. The lowest BCUT2D eigenvalue weighted by molar-refractivity contribution is 0.305. The molecule has 148 valence electrons. The molecule has 1 heterocycles. The van der Waals surface area contributed by atoms with Crippen molar-refractivity contribution in [1.82, 2.24) is 4.98 Å². The first-order valence-corrected chi connectivity index (χ1v) is 10.6. The predicted molar refractivity (Wildman–Crippen MR) is 122 cm³/mol. The van der Waals surface area contributed by atoms with Crippen LogP contribution in [0.1, 0.15) is 38.2 Å². The number of ether oxygens (including phenoxy) is 1. The molecule has 0 unspecified atom stereocenters. The lowest BCUT2D eigenvalue weighted by atomic mass is 9.98. The Kier molecular flexibility index (Phi) is 7.26. The summed E-state index contributed by atoms with van der Waals surface area (Å²) in [6.07, 6.45) is 4.70. The minimum Gasteiger partial charge on any atom is -0.494 e. The largest absolute Gasteiger partial charge is 0.494 e. The van der Waals surface area contributed by atoms with Crippen LogP contribution in [0.15, 0.2) is 59.1 Å². The van der Waals surface area contributed by atoms with E-state index in [9.17, 15) is 5.26 Å². The van der Waals surface area contributed by atoms with E-state index in [0.29, 0.717) is 5.56 Å². The number of halogens is 1. The van der Waals surface area contributed by atoms with E-state index in [0.717, 1.165) is 45.6 Å². The molecule has 2 N–H and O–H groups in total. The maximum Gasteiger partial charge on any atom is 0.142 e. The molecule has 1 aromatic heterocycles. The van der Waals surface area contributed by atoms with Gasteiger partial charge >= 0.3 is 0 Å². The zero-order valence-corrected chi connectivity index (χ0v) is 18.1. The number of nitrogens with two attached hydrogens (primary N) is 1. The molecule has 0 aliphatic heterocycles. The SMILES string of the molecule is CCCCCCOc1ccc(-c2cc(-c3ccccc3Br)nc(N)c2C#N)cc1. The van der Waals surface area contributed by atoms with Gasteiger partial charge in [-0.05, 0) is 36.2 Å². The van der Waals surface area contributed by atoms with Crippen molar-refractivity contribution < 1.29 is 4.74 Å². The molecular formula is C24H24BrN3O. The third kappa shape index (κ3) is 5.16. The van der Waals surface area contributed by atoms with Crippen molar-refractivity contribution in [3.05, 3.63) is 64.6 Å². The van der Waals surface area contributed by atoms with Crippen molar-refractivity contribution >= 4 is 21.7 Å². The molecular weight excluding hydrogens is 426 g/mol. The van der Waals surface area contributed by atoms with Gasteiger partial charge in [-0.1, -0.05) is 72.4 Å². The van der Waals surface area contributed by atoms with Gasteiger partial charge in [-0.3, -0.25) is 0 Å². The molecule has 0 amide bonds. The van der Waals surface area contributed by atoms with E-state index in [1.807, 2.05) is 54.6 Å². The van der Waals surface area contributed by atoms with Gasteiger partial charge in [0.25, 0.3) is 0 Å². The standard InChI is InChI=1S/C24H24BrN3O/c1-2-3-4-7-14-29-18-12-10-17(11-13-18)20-15-23(28-24(27)21(20)16-26)19-8-5-6-9-22(19)25/h5-6,8-13,15H,2-4,7,14H2,1H3,(H2,27,28). The molecule has 3 aromatic rings. The van der Waals surface area contributed by atoms with Gasteiger partial charge < -0.3 is 10.5 Å². The van der Waals surface area contributed by atoms with E-state index in [1.165, 1.54) is 19.3 Å². The Labute approximate surface area is 180 Å². The van der Waals surface area contributed by atoms with Gasteiger partial charge in [-0.25, -0.2) is 4.98 Å². The highest BCUT2D eigenvalue weighted by atomic mass is 79.9. The summed E-state index contributed by atoms with van der Waals surface area (Å²) >= 11 is 3.56. The van der Waals surface area contributed by atoms with Crippen LogP contribution in [0.3, 0.4) is 0 Å². The van der Waals surface area contributed by atoms with Gasteiger partial charge in [0.1, 0.15) is 23.2 Å². The summed E-state index contributed by atoms with van der Waals surface area (Å²) in [5.41, 5.74) is 9.82. The third-order valence-corrected chi connectivity index (χ3v) is 5.43. The summed E-state index contributed by atoms with van der Waals surface area (Å²) in [5.74, 6) is 1.06. The average molecular weight is 450 g/mol. The van der Waals surface area contributed by atoms with Gasteiger partial charge in [0.05, 0.1) is 12.3 Å². The Morgan fingerprint density at radius 3 is 2.48 bits per heavy atom. The zero-order valence-electron chi connectivity index (χ0n) is 16.5. The number of anilines is 1. The first kappa shape index (κ1) is 20.9. The molecule has 2 aromatic carbocycles. The highest BCUT2D eigenvalue weighted by Gasteiger charge is 2.14. The van der Waals surface area contributed by atoms with E-state index in [4.69, 9.17) is 10.5 Å². The minimum atomic E-state index is 0.229. The molecule has 0 saturated heterocycles. The Morgan fingerprint density at radius 2 is 1.79 bits per heavy atom. The van der Waals surface area contributed by atoms with Gasteiger partial charge in [0, 0.05) is 15.6 Å². The summed E-state index contributed by atoms with van der Waals surface area (Å²) in [7, 11) is 0. The first-order valence-electron chi connectivity index (χ1n) is 9.82. The number of hydrogen-bond donors (Lipinski definition) is 1. The van der Waals surface area contributed by atoms with Crippen LogP contribution in [0.25, 0.3) is 22.4 Å². The molecule has 0 aliphatic rings.